The molecule has 0 bridgehead atoms. The minimum absolute atomic E-state index is 0.00965. The molecule has 1 saturated heterocycles. The molecule has 0 saturated carbocycles. The monoisotopic (exact) mass is 481 g/mol. The fourth-order valence-electron chi connectivity index (χ4n) is 3.91. The van der Waals surface area contributed by atoms with Gasteiger partial charge in [-0.25, -0.2) is 0 Å². The zero-order valence-electron chi connectivity index (χ0n) is 19.1. The molecule has 0 N–H and O–H groups in total. The van der Waals surface area contributed by atoms with Crippen LogP contribution in [0.15, 0.2) is 53.7 Å². The molecule has 1 amide bonds. The van der Waals surface area contributed by atoms with Crippen LogP contribution in [0.4, 0.5) is 5.95 Å². The Bertz CT molecular complexity index is 1130. The van der Waals surface area contributed by atoms with Crippen LogP contribution in [0.1, 0.15) is 5.56 Å². The second-order valence-electron chi connectivity index (χ2n) is 8.07. The molecular weight excluding hydrogens is 454 g/mol. The molecule has 1 fully saturated rings. The number of thioether (sulfide) groups is 1. The number of carbonyl (C=O) groups is 1. The first-order chi connectivity index (χ1) is 16.7. The number of carbonyl (C=O) groups excluding carboxylic acids is 1. The van der Waals surface area contributed by atoms with Crippen LogP contribution in [0.25, 0.3) is 5.69 Å². The number of ether oxygens (including phenoxy) is 3. The maximum atomic E-state index is 12.9. The molecule has 2 aliphatic heterocycles. The Hall–Kier alpha value is -3.24. The number of para-hydroxylation sites is 1. The van der Waals surface area contributed by atoms with E-state index in [9.17, 15) is 4.79 Å². The van der Waals surface area contributed by atoms with Gasteiger partial charge < -0.3 is 24.0 Å². The molecule has 0 unspecified atom stereocenters. The molecule has 178 valence electrons. The highest BCUT2D eigenvalue weighted by Gasteiger charge is 2.23. The van der Waals surface area contributed by atoms with Gasteiger partial charge in [-0.1, -0.05) is 36.0 Å². The summed E-state index contributed by atoms with van der Waals surface area (Å²) >= 11 is 1.39. The molecule has 0 radical (unpaired) electrons. The maximum Gasteiger partial charge on any atom is 0.233 e. The SMILES string of the molecule is CN(Cc1ccc2c(c1)OCCO2)C(=O)CSc1nnc(N2CCOCC2)n1-c1ccccc1. The Morgan fingerprint density at radius 1 is 1.00 bits per heavy atom. The molecule has 10 heteroatoms. The van der Waals surface area contributed by atoms with Gasteiger partial charge in [0.1, 0.15) is 13.2 Å². The van der Waals surface area contributed by atoms with Gasteiger partial charge in [-0.2, -0.15) is 0 Å². The van der Waals surface area contributed by atoms with Gasteiger partial charge in [0.15, 0.2) is 16.7 Å². The third-order valence-corrected chi connectivity index (χ3v) is 6.62. The second kappa shape index (κ2) is 10.4. The fourth-order valence-corrected chi connectivity index (χ4v) is 4.80. The van der Waals surface area contributed by atoms with Gasteiger partial charge in [0.2, 0.25) is 11.9 Å². The number of anilines is 1. The van der Waals surface area contributed by atoms with Crippen LogP contribution in [-0.2, 0) is 16.1 Å². The summed E-state index contributed by atoms with van der Waals surface area (Å²) in [4.78, 5) is 16.8. The maximum absolute atomic E-state index is 12.9. The van der Waals surface area contributed by atoms with Gasteiger partial charge in [0.05, 0.1) is 24.7 Å². The molecule has 1 aromatic heterocycles. The van der Waals surface area contributed by atoms with E-state index in [1.165, 1.54) is 11.8 Å². The Kier molecular flexibility index (Phi) is 6.87. The Balaban J connectivity index is 1.28. The van der Waals surface area contributed by atoms with Crippen LogP contribution in [-0.4, -0.2) is 77.9 Å². The zero-order chi connectivity index (χ0) is 23.3. The largest absolute Gasteiger partial charge is 0.486 e. The molecular formula is C24H27N5O4S. The van der Waals surface area contributed by atoms with Crippen molar-refractivity contribution >= 4 is 23.6 Å². The summed E-state index contributed by atoms with van der Waals surface area (Å²) in [6.45, 7) is 4.42. The number of morpholine rings is 1. The number of amides is 1. The number of fused-ring (bicyclic) bond motifs is 1. The summed E-state index contributed by atoms with van der Waals surface area (Å²) in [5.41, 5.74) is 1.96. The Labute approximate surface area is 202 Å². The smallest absolute Gasteiger partial charge is 0.233 e. The molecule has 3 aromatic rings. The number of nitrogens with zero attached hydrogens (tertiary/aromatic N) is 5. The fraction of sp³-hybridized carbons (Fsp3) is 0.375. The third kappa shape index (κ3) is 4.97. The van der Waals surface area contributed by atoms with Crippen molar-refractivity contribution in [3.63, 3.8) is 0 Å². The first kappa shape index (κ1) is 22.5. The third-order valence-electron chi connectivity index (χ3n) is 5.70. The van der Waals surface area contributed by atoms with Crippen molar-refractivity contribution in [2.24, 2.45) is 0 Å². The van der Waals surface area contributed by atoms with Gasteiger partial charge in [0, 0.05) is 26.7 Å². The van der Waals surface area contributed by atoms with Crippen molar-refractivity contribution in [3.8, 4) is 17.2 Å². The Morgan fingerprint density at radius 3 is 2.56 bits per heavy atom. The van der Waals surface area contributed by atoms with E-state index in [1.54, 1.807) is 11.9 Å². The average Bonchev–Trinajstić information content (AvgIpc) is 3.32. The summed E-state index contributed by atoms with van der Waals surface area (Å²) in [6, 6.07) is 15.8. The van der Waals surface area contributed by atoms with Crippen molar-refractivity contribution in [3.05, 3.63) is 54.1 Å². The first-order valence-corrected chi connectivity index (χ1v) is 12.3. The van der Waals surface area contributed by atoms with E-state index in [0.717, 1.165) is 41.8 Å². The van der Waals surface area contributed by atoms with E-state index >= 15 is 0 Å². The molecule has 34 heavy (non-hydrogen) atoms. The van der Waals surface area contributed by atoms with Gasteiger partial charge in [0.25, 0.3) is 0 Å². The normalized spacial score (nSPS) is 15.3. The van der Waals surface area contributed by atoms with E-state index in [2.05, 4.69) is 15.1 Å². The molecule has 2 aromatic carbocycles. The summed E-state index contributed by atoms with van der Waals surface area (Å²) < 4.78 is 18.7. The van der Waals surface area contributed by atoms with Crippen LogP contribution in [0.2, 0.25) is 0 Å². The quantitative estimate of drug-likeness (QED) is 0.477. The zero-order valence-corrected chi connectivity index (χ0v) is 19.9. The molecule has 0 atom stereocenters. The van der Waals surface area contributed by atoms with Gasteiger partial charge in [-0.3, -0.25) is 9.36 Å². The van der Waals surface area contributed by atoms with E-state index in [1.807, 2.05) is 53.1 Å². The van der Waals surface area contributed by atoms with E-state index in [4.69, 9.17) is 14.2 Å². The highest BCUT2D eigenvalue weighted by atomic mass is 32.2. The lowest BCUT2D eigenvalue weighted by Crippen LogP contribution is -2.37. The van der Waals surface area contributed by atoms with Crippen molar-refractivity contribution < 1.29 is 19.0 Å². The standard InChI is InChI=1S/C24H27N5O4S/c1-27(16-18-7-8-20-21(15-18)33-14-13-32-20)22(30)17-34-24-26-25-23(28-9-11-31-12-10-28)29(24)19-5-3-2-4-6-19/h2-8,15H,9-14,16-17H2,1H3. The summed E-state index contributed by atoms with van der Waals surface area (Å²) in [7, 11) is 1.81. The van der Waals surface area contributed by atoms with Crippen LogP contribution in [0.5, 0.6) is 11.5 Å². The van der Waals surface area contributed by atoms with Crippen molar-refractivity contribution in [2.45, 2.75) is 11.7 Å². The lowest BCUT2D eigenvalue weighted by Gasteiger charge is -2.28. The topological polar surface area (TPSA) is 82.0 Å². The van der Waals surface area contributed by atoms with Crippen molar-refractivity contribution in [2.75, 3.05) is 57.2 Å². The lowest BCUT2D eigenvalue weighted by molar-refractivity contribution is -0.127. The van der Waals surface area contributed by atoms with Crippen LogP contribution < -0.4 is 14.4 Å². The van der Waals surface area contributed by atoms with E-state index in [-0.39, 0.29) is 11.7 Å². The van der Waals surface area contributed by atoms with Crippen LogP contribution >= 0.6 is 11.8 Å². The Morgan fingerprint density at radius 2 is 1.76 bits per heavy atom. The predicted molar refractivity (Wildman–Crippen MR) is 129 cm³/mol. The lowest BCUT2D eigenvalue weighted by atomic mass is 10.2. The van der Waals surface area contributed by atoms with E-state index < -0.39 is 0 Å². The summed E-state index contributed by atoms with van der Waals surface area (Å²) in [5, 5.41) is 9.57. The van der Waals surface area contributed by atoms with Crippen molar-refractivity contribution in [1.29, 1.82) is 0 Å². The molecule has 0 spiro atoms. The summed E-state index contributed by atoms with van der Waals surface area (Å²) in [5.74, 6) is 2.51. The number of aromatic nitrogens is 3. The van der Waals surface area contributed by atoms with E-state index in [0.29, 0.717) is 38.1 Å². The van der Waals surface area contributed by atoms with Gasteiger partial charge in [-0.15, -0.1) is 10.2 Å². The molecule has 3 heterocycles. The highest BCUT2D eigenvalue weighted by Crippen LogP contribution is 2.31. The minimum Gasteiger partial charge on any atom is -0.486 e. The van der Waals surface area contributed by atoms with Crippen LogP contribution in [0, 0.1) is 0 Å². The molecule has 0 aliphatic carbocycles. The number of hydrogen-bond acceptors (Lipinski definition) is 8. The number of hydrogen-bond donors (Lipinski definition) is 0. The average molecular weight is 482 g/mol. The first-order valence-electron chi connectivity index (χ1n) is 11.3. The number of benzene rings is 2. The highest BCUT2D eigenvalue weighted by molar-refractivity contribution is 7.99. The predicted octanol–water partition coefficient (Wildman–Crippen LogP) is 2.63. The van der Waals surface area contributed by atoms with Gasteiger partial charge in [-0.05, 0) is 29.8 Å². The minimum atomic E-state index is 0.00965. The molecule has 2 aliphatic rings. The second-order valence-corrected chi connectivity index (χ2v) is 9.01. The van der Waals surface area contributed by atoms with Gasteiger partial charge >= 0.3 is 0 Å². The number of rotatable bonds is 7. The molecule has 9 nitrogen and oxygen atoms in total. The molecule has 5 rings (SSSR count). The van der Waals surface area contributed by atoms with Crippen molar-refractivity contribution in [1.82, 2.24) is 19.7 Å². The van der Waals surface area contributed by atoms with Crippen LogP contribution in [0.3, 0.4) is 0 Å². The summed E-state index contributed by atoms with van der Waals surface area (Å²) in [6.07, 6.45) is 0.